The van der Waals surface area contributed by atoms with Gasteiger partial charge in [-0.1, -0.05) is 11.2 Å². The summed E-state index contributed by atoms with van der Waals surface area (Å²) < 4.78 is 15.7. The van der Waals surface area contributed by atoms with Crippen molar-refractivity contribution in [3.63, 3.8) is 0 Å². The van der Waals surface area contributed by atoms with E-state index in [2.05, 4.69) is 16.7 Å². The molecule has 0 fully saturated rings. The van der Waals surface area contributed by atoms with Crippen molar-refractivity contribution in [3.8, 4) is 17.1 Å². The number of amides is 1. The van der Waals surface area contributed by atoms with Crippen LogP contribution in [-0.2, 0) is 6.54 Å². The highest BCUT2D eigenvalue weighted by atomic mass is 16.5. The lowest BCUT2D eigenvalue weighted by molar-refractivity contribution is 0.0743. The Bertz CT molecular complexity index is 896. The Morgan fingerprint density at radius 3 is 2.69 bits per heavy atom. The predicted molar refractivity (Wildman–Crippen MR) is 94.7 cm³/mol. The number of furan rings is 1. The average molecular weight is 353 g/mol. The van der Waals surface area contributed by atoms with Crippen molar-refractivity contribution >= 4 is 5.91 Å². The Labute approximate surface area is 150 Å². The zero-order chi connectivity index (χ0) is 18.5. The third kappa shape index (κ3) is 3.66. The maximum atomic E-state index is 12.7. The van der Waals surface area contributed by atoms with Crippen LogP contribution < -0.4 is 4.74 Å². The number of nitrogens with zero attached hydrogens (tertiary/aromatic N) is 3. The molecule has 0 saturated heterocycles. The largest absolute Gasteiger partial charge is 0.497 e. The van der Waals surface area contributed by atoms with E-state index in [0.29, 0.717) is 29.6 Å². The van der Waals surface area contributed by atoms with Gasteiger partial charge in [0, 0.05) is 12.1 Å². The van der Waals surface area contributed by atoms with Crippen molar-refractivity contribution in [1.82, 2.24) is 15.0 Å². The van der Waals surface area contributed by atoms with Crippen LogP contribution in [0.3, 0.4) is 0 Å². The highest BCUT2D eigenvalue weighted by Gasteiger charge is 2.21. The molecule has 2 heterocycles. The molecule has 7 nitrogen and oxygen atoms in total. The van der Waals surface area contributed by atoms with E-state index in [-0.39, 0.29) is 12.5 Å². The van der Waals surface area contributed by atoms with E-state index in [1.165, 1.54) is 6.26 Å². The number of benzene rings is 1. The molecule has 1 aromatic carbocycles. The second-order valence-corrected chi connectivity index (χ2v) is 5.61. The number of hydrogen-bond donors (Lipinski definition) is 0. The molecule has 0 aliphatic carbocycles. The third-order valence-electron chi connectivity index (χ3n) is 3.87. The fraction of sp³-hybridized carbons (Fsp3) is 0.211. The van der Waals surface area contributed by atoms with Gasteiger partial charge in [-0.15, -0.1) is 6.58 Å². The van der Waals surface area contributed by atoms with Gasteiger partial charge in [-0.25, -0.2) is 0 Å². The molecule has 0 N–H and O–H groups in total. The van der Waals surface area contributed by atoms with Crippen LogP contribution in [0.15, 0.2) is 58.2 Å². The van der Waals surface area contributed by atoms with Gasteiger partial charge in [-0.3, -0.25) is 4.79 Å². The third-order valence-corrected chi connectivity index (χ3v) is 3.87. The zero-order valence-electron chi connectivity index (χ0n) is 14.6. The van der Waals surface area contributed by atoms with E-state index in [4.69, 9.17) is 13.7 Å². The summed E-state index contributed by atoms with van der Waals surface area (Å²) in [5.74, 6) is 1.92. The Hall–Kier alpha value is -3.35. The topological polar surface area (TPSA) is 81.6 Å². The Balaban J connectivity index is 1.77. The van der Waals surface area contributed by atoms with E-state index in [1.54, 1.807) is 31.1 Å². The van der Waals surface area contributed by atoms with Gasteiger partial charge in [0.2, 0.25) is 11.7 Å². The lowest BCUT2D eigenvalue weighted by Crippen LogP contribution is -2.31. The molecular formula is C19H19N3O4. The average Bonchev–Trinajstić information content (AvgIpc) is 3.30. The van der Waals surface area contributed by atoms with Gasteiger partial charge >= 0.3 is 0 Å². The van der Waals surface area contributed by atoms with Gasteiger partial charge < -0.3 is 18.6 Å². The molecule has 3 rings (SSSR count). The Morgan fingerprint density at radius 2 is 2.08 bits per heavy atom. The van der Waals surface area contributed by atoms with E-state index < -0.39 is 0 Å². The predicted octanol–water partition coefficient (Wildman–Crippen LogP) is 3.48. The number of rotatable bonds is 7. The minimum absolute atomic E-state index is 0.179. The van der Waals surface area contributed by atoms with Crippen LogP contribution in [0.25, 0.3) is 11.4 Å². The summed E-state index contributed by atoms with van der Waals surface area (Å²) >= 11 is 0. The summed E-state index contributed by atoms with van der Waals surface area (Å²) in [6.07, 6.45) is 3.14. The molecule has 134 valence electrons. The maximum Gasteiger partial charge on any atom is 0.258 e. The molecule has 2 aromatic heterocycles. The Morgan fingerprint density at radius 1 is 1.31 bits per heavy atom. The molecule has 7 heteroatoms. The molecule has 0 radical (unpaired) electrons. The number of carbonyl (C=O) groups excluding carboxylic acids is 1. The molecule has 0 aliphatic rings. The first-order chi connectivity index (χ1) is 12.6. The first-order valence-corrected chi connectivity index (χ1v) is 8.03. The lowest BCUT2D eigenvalue weighted by atomic mass is 10.2. The maximum absolute atomic E-state index is 12.7. The van der Waals surface area contributed by atoms with Crippen molar-refractivity contribution < 1.29 is 18.5 Å². The molecule has 0 unspecified atom stereocenters. The van der Waals surface area contributed by atoms with Crippen LogP contribution in [0, 0.1) is 6.92 Å². The number of aryl methyl sites for hydroxylation is 1. The zero-order valence-corrected chi connectivity index (χ0v) is 14.6. The summed E-state index contributed by atoms with van der Waals surface area (Å²) in [5.41, 5.74) is 1.30. The molecule has 3 aromatic rings. The van der Waals surface area contributed by atoms with Gasteiger partial charge in [0.15, 0.2) is 0 Å². The summed E-state index contributed by atoms with van der Waals surface area (Å²) in [6.45, 7) is 5.98. The van der Waals surface area contributed by atoms with Crippen LogP contribution in [0.4, 0.5) is 0 Å². The number of methoxy groups -OCH3 is 1. The van der Waals surface area contributed by atoms with Crippen LogP contribution in [0.1, 0.15) is 22.0 Å². The summed E-state index contributed by atoms with van der Waals surface area (Å²) in [4.78, 5) is 18.6. The van der Waals surface area contributed by atoms with Crippen molar-refractivity contribution in [3.05, 3.63) is 66.5 Å². The van der Waals surface area contributed by atoms with Crippen LogP contribution in [0.2, 0.25) is 0 Å². The molecular weight excluding hydrogens is 334 g/mol. The number of carbonyl (C=O) groups is 1. The van der Waals surface area contributed by atoms with Gasteiger partial charge in [0.1, 0.15) is 18.1 Å². The van der Waals surface area contributed by atoms with Gasteiger partial charge in [0.25, 0.3) is 5.91 Å². The SMILES string of the molecule is C=CCN(Cc1nc(-c2ccc(OC)cc2)no1)C(=O)c1ccoc1C. The molecule has 0 bridgehead atoms. The first kappa shape index (κ1) is 17.5. The minimum atomic E-state index is -0.180. The molecule has 0 saturated carbocycles. The highest BCUT2D eigenvalue weighted by Crippen LogP contribution is 2.20. The van der Waals surface area contributed by atoms with E-state index in [1.807, 2.05) is 24.3 Å². The van der Waals surface area contributed by atoms with Gasteiger partial charge in [-0.2, -0.15) is 4.98 Å². The normalized spacial score (nSPS) is 10.5. The Kier molecular flexibility index (Phi) is 5.17. The second kappa shape index (κ2) is 7.69. The summed E-state index contributed by atoms with van der Waals surface area (Å²) in [7, 11) is 1.61. The quantitative estimate of drug-likeness (QED) is 0.605. The van der Waals surface area contributed by atoms with Gasteiger partial charge in [-0.05, 0) is 37.3 Å². The van der Waals surface area contributed by atoms with E-state index in [9.17, 15) is 4.79 Å². The monoisotopic (exact) mass is 353 g/mol. The summed E-state index contributed by atoms with van der Waals surface area (Å²) in [6, 6.07) is 8.97. The fourth-order valence-corrected chi connectivity index (χ4v) is 2.49. The second-order valence-electron chi connectivity index (χ2n) is 5.61. The molecule has 26 heavy (non-hydrogen) atoms. The number of ether oxygens (including phenoxy) is 1. The summed E-state index contributed by atoms with van der Waals surface area (Å²) in [5, 5.41) is 3.99. The van der Waals surface area contributed by atoms with Crippen molar-refractivity contribution in [2.75, 3.05) is 13.7 Å². The van der Waals surface area contributed by atoms with Crippen LogP contribution >= 0.6 is 0 Å². The van der Waals surface area contributed by atoms with E-state index in [0.717, 1.165) is 11.3 Å². The number of aromatic nitrogens is 2. The molecule has 1 amide bonds. The molecule has 0 aliphatic heterocycles. The van der Waals surface area contributed by atoms with Crippen LogP contribution in [-0.4, -0.2) is 34.6 Å². The van der Waals surface area contributed by atoms with Crippen LogP contribution in [0.5, 0.6) is 5.75 Å². The standard InChI is InChI=1S/C19H19N3O4/c1-4-10-22(19(23)16-9-11-25-13(16)2)12-17-20-18(21-26-17)14-5-7-15(24-3)8-6-14/h4-9,11H,1,10,12H2,2-3H3. The van der Waals surface area contributed by atoms with E-state index >= 15 is 0 Å². The number of hydrogen-bond acceptors (Lipinski definition) is 6. The van der Waals surface area contributed by atoms with Crippen molar-refractivity contribution in [2.45, 2.75) is 13.5 Å². The first-order valence-electron chi connectivity index (χ1n) is 8.03. The molecule has 0 spiro atoms. The lowest BCUT2D eigenvalue weighted by Gasteiger charge is -2.18. The molecule has 0 atom stereocenters. The van der Waals surface area contributed by atoms with Crippen molar-refractivity contribution in [1.29, 1.82) is 0 Å². The minimum Gasteiger partial charge on any atom is -0.497 e. The van der Waals surface area contributed by atoms with Crippen molar-refractivity contribution in [2.24, 2.45) is 0 Å². The fourth-order valence-electron chi connectivity index (χ4n) is 2.49. The smallest absolute Gasteiger partial charge is 0.258 e. The van der Waals surface area contributed by atoms with Gasteiger partial charge in [0.05, 0.1) is 18.9 Å². The highest BCUT2D eigenvalue weighted by molar-refractivity contribution is 5.95.